The van der Waals surface area contributed by atoms with Crippen LogP contribution in [0.15, 0.2) is 24.3 Å². The van der Waals surface area contributed by atoms with Crippen LogP contribution in [0, 0.1) is 0 Å². The third kappa shape index (κ3) is 4.95. The average molecular weight is 310 g/mol. The number of hydrogen-bond acceptors (Lipinski definition) is 1. The molecule has 0 heterocycles. The van der Waals surface area contributed by atoms with Gasteiger partial charge in [0.15, 0.2) is 0 Å². The van der Waals surface area contributed by atoms with Gasteiger partial charge in [-0.25, -0.2) is 0 Å². The maximum absolute atomic E-state index is 13.1. The van der Waals surface area contributed by atoms with Gasteiger partial charge in [0, 0.05) is 7.11 Å². The molecule has 0 saturated carbocycles. The Hall–Kier alpha value is -1.17. The monoisotopic (exact) mass is 310 g/mol. The van der Waals surface area contributed by atoms with Crippen molar-refractivity contribution in [2.75, 3.05) is 7.11 Å². The molecule has 0 aliphatic rings. The number of halogens is 5. The lowest BCUT2D eigenvalue weighted by molar-refractivity contribution is -0.291. The molecular formula is C15H19F5O. The van der Waals surface area contributed by atoms with Crippen molar-refractivity contribution in [3.8, 4) is 0 Å². The first-order valence-corrected chi connectivity index (χ1v) is 6.77. The lowest BCUT2D eigenvalue weighted by Crippen LogP contribution is -2.38. The molecule has 0 amide bonds. The minimum Gasteiger partial charge on any atom is -0.377 e. The number of methoxy groups -OCH3 is 1. The summed E-state index contributed by atoms with van der Waals surface area (Å²) in [6.07, 6.45) is -5.39. The second-order valence-electron chi connectivity index (χ2n) is 4.98. The summed E-state index contributed by atoms with van der Waals surface area (Å²) < 4.78 is 67.7. The molecule has 1 aromatic rings. The first-order valence-electron chi connectivity index (χ1n) is 6.77. The molecule has 1 aromatic carbocycles. The standard InChI is InChI=1S/C15H19F5O/c1-3-4-5-11-6-8-12(9-7-11)13(21-2)10-14(16,17)15(18,19)20/h6-9,13H,3-5,10H2,1-2H3. The molecule has 0 aliphatic carbocycles. The highest BCUT2D eigenvalue weighted by atomic mass is 19.4. The van der Waals surface area contributed by atoms with Crippen molar-refractivity contribution in [3.63, 3.8) is 0 Å². The molecular weight excluding hydrogens is 291 g/mol. The van der Waals surface area contributed by atoms with Gasteiger partial charge >= 0.3 is 12.1 Å². The topological polar surface area (TPSA) is 9.23 Å². The van der Waals surface area contributed by atoms with Crippen LogP contribution in [0.4, 0.5) is 22.0 Å². The first-order chi connectivity index (χ1) is 9.71. The van der Waals surface area contributed by atoms with E-state index in [4.69, 9.17) is 4.74 Å². The van der Waals surface area contributed by atoms with Crippen LogP contribution in [0.2, 0.25) is 0 Å². The van der Waals surface area contributed by atoms with Crippen molar-refractivity contribution in [3.05, 3.63) is 35.4 Å². The van der Waals surface area contributed by atoms with Gasteiger partial charge in [-0.2, -0.15) is 22.0 Å². The molecule has 1 nitrogen and oxygen atoms in total. The van der Waals surface area contributed by atoms with E-state index in [1.54, 1.807) is 24.3 Å². The van der Waals surface area contributed by atoms with E-state index in [1.807, 2.05) is 0 Å². The van der Waals surface area contributed by atoms with Crippen molar-refractivity contribution in [2.45, 2.75) is 50.8 Å². The van der Waals surface area contributed by atoms with E-state index < -0.39 is 24.6 Å². The van der Waals surface area contributed by atoms with Crippen LogP contribution < -0.4 is 0 Å². The predicted octanol–water partition coefficient (Wildman–Crippen LogP) is 5.30. The van der Waals surface area contributed by atoms with E-state index in [2.05, 4.69) is 6.92 Å². The fourth-order valence-corrected chi connectivity index (χ4v) is 1.97. The maximum atomic E-state index is 13.1. The lowest BCUT2D eigenvalue weighted by atomic mass is 9.99. The molecule has 21 heavy (non-hydrogen) atoms. The Balaban J connectivity index is 2.81. The molecule has 0 fully saturated rings. The minimum atomic E-state index is -5.56. The minimum absolute atomic E-state index is 0.321. The Labute approximate surface area is 121 Å². The molecule has 0 aromatic heterocycles. The van der Waals surface area contributed by atoms with Gasteiger partial charge in [0.1, 0.15) is 0 Å². The fourth-order valence-electron chi connectivity index (χ4n) is 1.97. The highest BCUT2D eigenvalue weighted by molar-refractivity contribution is 5.24. The largest absolute Gasteiger partial charge is 0.453 e. The summed E-state index contributed by atoms with van der Waals surface area (Å²) in [5, 5.41) is 0. The second kappa shape index (κ2) is 7.20. The number of hydrogen-bond donors (Lipinski definition) is 0. The van der Waals surface area contributed by atoms with Gasteiger partial charge in [-0.3, -0.25) is 0 Å². The van der Waals surface area contributed by atoms with Gasteiger partial charge in [-0.15, -0.1) is 0 Å². The van der Waals surface area contributed by atoms with Crippen LogP contribution in [0.5, 0.6) is 0 Å². The summed E-state index contributed by atoms with van der Waals surface area (Å²) in [4.78, 5) is 0. The zero-order valence-electron chi connectivity index (χ0n) is 12.0. The van der Waals surface area contributed by atoms with Gasteiger partial charge in [0.25, 0.3) is 0 Å². The molecule has 1 atom stereocenters. The van der Waals surface area contributed by atoms with Crippen molar-refractivity contribution >= 4 is 0 Å². The van der Waals surface area contributed by atoms with Crippen LogP contribution in [-0.4, -0.2) is 19.2 Å². The van der Waals surface area contributed by atoms with Gasteiger partial charge in [0.05, 0.1) is 12.5 Å². The summed E-state index contributed by atoms with van der Waals surface area (Å²) in [5.41, 5.74) is 1.35. The molecule has 0 saturated heterocycles. The molecule has 0 bridgehead atoms. The molecule has 1 unspecified atom stereocenters. The third-order valence-electron chi connectivity index (χ3n) is 3.31. The molecule has 0 aliphatic heterocycles. The van der Waals surface area contributed by atoms with E-state index in [1.165, 1.54) is 0 Å². The Morgan fingerprint density at radius 2 is 1.62 bits per heavy atom. The van der Waals surface area contributed by atoms with Crippen molar-refractivity contribution in [1.82, 2.24) is 0 Å². The quantitative estimate of drug-likeness (QED) is 0.621. The maximum Gasteiger partial charge on any atom is 0.453 e. The summed E-state index contributed by atoms with van der Waals surface area (Å²) in [6, 6.07) is 6.57. The Morgan fingerprint density at radius 1 is 1.05 bits per heavy atom. The van der Waals surface area contributed by atoms with E-state index in [-0.39, 0.29) is 0 Å². The van der Waals surface area contributed by atoms with Crippen LogP contribution in [0.25, 0.3) is 0 Å². The average Bonchev–Trinajstić information content (AvgIpc) is 2.42. The van der Waals surface area contributed by atoms with Crippen LogP contribution in [-0.2, 0) is 11.2 Å². The second-order valence-corrected chi connectivity index (χ2v) is 4.98. The molecule has 0 radical (unpaired) electrons. The zero-order valence-corrected chi connectivity index (χ0v) is 12.0. The van der Waals surface area contributed by atoms with Crippen molar-refractivity contribution in [2.24, 2.45) is 0 Å². The summed E-state index contributed by atoms with van der Waals surface area (Å²) in [7, 11) is 1.13. The fraction of sp³-hybridized carbons (Fsp3) is 0.600. The van der Waals surface area contributed by atoms with Crippen LogP contribution >= 0.6 is 0 Å². The number of benzene rings is 1. The zero-order chi connectivity index (χ0) is 16.1. The van der Waals surface area contributed by atoms with Gasteiger partial charge in [-0.1, -0.05) is 37.6 Å². The van der Waals surface area contributed by atoms with Crippen molar-refractivity contribution < 1.29 is 26.7 Å². The van der Waals surface area contributed by atoms with E-state index in [0.717, 1.165) is 31.9 Å². The van der Waals surface area contributed by atoms with E-state index in [9.17, 15) is 22.0 Å². The SMILES string of the molecule is CCCCc1ccc(C(CC(F)(F)C(F)(F)F)OC)cc1. The Kier molecular flexibility index (Phi) is 6.13. The number of alkyl halides is 5. The number of ether oxygens (including phenoxy) is 1. The molecule has 120 valence electrons. The number of rotatable bonds is 7. The Bertz CT molecular complexity index is 425. The highest BCUT2D eigenvalue weighted by Gasteiger charge is 2.58. The van der Waals surface area contributed by atoms with E-state index >= 15 is 0 Å². The number of unbranched alkanes of at least 4 members (excludes halogenated alkanes) is 1. The summed E-state index contributed by atoms with van der Waals surface area (Å²) in [6.45, 7) is 2.05. The first kappa shape index (κ1) is 17.9. The normalized spacial score (nSPS) is 14.2. The predicted molar refractivity (Wildman–Crippen MR) is 70.4 cm³/mol. The van der Waals surface area contributed by atoms with Crippen LogP contribution in [0.1, 0.15) is 43.4 Å². The Morgan fingerprint density at radius 3 is 2.05 bits per heavy atom. The molecule has 6 heteroatoms. The smallest absolute Gasteiger partial charge is 0.377 e. The molecule has 0 spiro atoms. The van der Waals surface area contributed by atoms with Gasteiger partial charge in [-0.05, 0) is 24.0 Å². The van der Waals surface area contributed by atoms with E-state index in [0.29, 0.717) is 5.56 Å². The summed E-state index contributed by atoms with van der Waals surface area (Å²) >= 11 is 0. The lowest BCUT2D eigenvalue weighted by Gasteiger charge is -2.24. The van der Waals surface area contributed by atoms with Gasteiger partial charge < -0.3 is 4.74 Å². The third-order valence-corrected chi connectivity index (χ3v) is 3.31. The highest BCUT2D eigenvalue weighted by Crippen LogP contribution is 2.42. The summed E-state index contributed by atoms with van der Waals surface area (Å²) in [5.74, 6) is -4.77. The molecule has 0 N–H and O–H groups in total. The van der Waals surface area contributed by atoms with Crippen LogP contribution in [0.3, 0.4) is 0 Å². The van der Waals surface area contributed by atoms with Crippen molar-refractivity contribution in [1.29, 1.82) is 0 Å². The van der Waals surface area contributed by atoms with Gasteiger partial charge in [0.2, 0.25) is 0 Å². The molecule has 1 rings (SSSR count). The number of aryl methyl sites for hydroxylation is 1.